The maximum Gasteiger partial charge on any atom is 0.393 e. The summed E-state index contributed by atoms with van der Waals surface area (Å²) in [5.74, 6) is 0. The van der Waals surface area contributed by atoms with Crippen molar-refractivity contribution in [2.75, 3.05) is 23.3 Å². The van der Waals surface area contributed by atoms with Crippen LogP contribution in [0.3, 0.4) is 0 Å². The number of hydrogen-bond acceptors (Lipinski definition) is 2. The van der Waals surface area contributed by atoms with E-state index in [4.69, 9.17) is 0 Å². The van der Waals surface area contributed by atoms with Gasteiger partial charge in [0.1, 0.15) is 0 Å². The molecule has 1 aliphatic rings. The lowest BCUT2D eigenvalue weighted by Gasteiger charge is -2.21. The smallest absolute Gasteiger partial charge is 0.370 e. The maximum atomic E-state index is 12.7. The molecule has 0 spiro atoms. The van der Waals surface area contributed by atoms with E-state index in [1.807, 2.05) is 24.3 Å². The number of nitrogens with one attached hydrogen (secondary N) is 2. The quantitative estimate of drug-likeness (QED) is 0.792. The first-order valence-corrected chi connectivity index (χ1v) is 8.95. The third-order valence-electron chi connectivity index (χ3n) is 4.55. The lowest BCUT2D eigenvalue weighted by molar-refractivity contribution is -0.127. The number of anilines is 2. The van der Waals surface area contributed by atoms with E-state index in [2.05, 4.69) is 15.5 Å². The molecule has 2 aromatic rings. The molecule has 2 aromatic carbocycles. The van der Waals surface area contributed by atoms with Crippen LogP contribution in [0.4, 0.5) is 29.3 Å². The van der Waals surface area contributed by atoms with Gasteiger partial charge in [-0.15, -0.1) is 0 Å². The summed E-state index contributed by atoms with van der Waals surface area (Å²) in [4.78, 5) is 14.5. The summed E-state index contributed by atoms with van der Waals surface area (Å²) in [5.41, 5.74) is 2.28. The molecule has 144 valence electrons. The second-order valence-electron chi connectivity index (χ2n) is 6.58. The van der Waals surface area contributed by atoms with Crippen molar-refractivity contribution >= 4 is 17.4 Å². The van der Waals surface area contributed by atoms with Gasteiger partial charge in [0.15, 0.2) is 0 Å². The molecule has 2 amide bonds. The normalized spacial score (nSPS) is 14.3. The summed E-state index contributed by atoms with van der Waals surface area (Å²) in [5, 5.41) is 5.47. The van der Waals surface area contributed by atoms with Crippen LogP contribution in [0.15, 0.2) is 48.5 Å². The van der Waals surface area contributed by atoms with E-state index in [0.717, 1.165) is 31.6 Å². The molecule has 0 aromatic heterocycles. The van der Waals surface area contributed by atoms with Crippen LogP contribution in [0.2, 0.25) is 0 Å². The zero-order chi connectivity index (χ0) is 19.3. The Kier molecular flexibility index (Phi) is 5.88. The molecule has 1 fully saturated rings. The van der Waals surface area contributed by atoms with Crippen molar-refractivity contribution in [1.29, 1.82) is 0 Å². The van der Waals surface area contributed by atoms with E-state index < -0.39 is 18.6 Å². The second kappa shape index (κ2) is 8.33. The van der Waals surface area contributed by atoms with Gasteiger partial charge in [-0.1, -0.05) is 36.4 Å². The Hall–Kier alpha value is -2.70. The first-order valence-electron chi connectivity index (χ1n) is 8.95. The van der Waals surface area contributed by atoms with Gasteiger partial charge in [0, 0.05) is 19.6 Å². The molecule has 0 bridgehead atoms. The van der Waals surface area contributed by atoms with Crippen LogP contribution in [0.1, 0.15) is 24.0 Å². The number of alkyl halides is 3. The molecule has 0 unspecified atom stereocenters. The van der Waals surface area contributed by atoms with Crippen molar-refractivity contribution in [1.82, 2.24) is 5.32 Å². The van der Waals surface area contributed by atoms with Crippen LogP contribution in [-0.4, -0.2) is 25.3 Å². The Morgan fingerprint density at radius 2 is 1.59 bits per heavy atom. The molecule has 1 aliphatic heterocycles. The van der Waals surface area contributed by atoms with E-state index >= 15 is 0 Å². The van der Waals surface area contributed by atoms with Crippen molar-refractivity contribution < 1.29 is 18.0 Å². The number of halogens is 3. The number of para-hydroxylation sites is 2. The van der Waals surface area contributed by atoms with Crippen LogP contribution in [0, 0.1) is 0 Å². The Morgan fingerprint density at radius 3 is 2.30 bits per heavy atom. The van der Waals surface area contributed by atoms with Crippen molar-refractivity contribution in [3.8, 4) is 0 Å². The van der Waals surface area contributed by atoms with Crippen molar-refractivity contribution in [3.05, 3.63) is 59.7 Å². The molecule has 7 heteroatoms. The number of carbonyl (C=O) groups is 1. The second-order valence-corrected chi connectivity index (χ2v) is 6.58. The molecule has 2 N–H and O–H groups in total. The van der Waals surface area contributed by atoms with Gasteiger partial charge in [-0.05, 0) is 36.1 Å². The van der Waals surface area contributed by atoms with Crippen LogP contribution in [0.25, 0.3) is 0 Å². The highest BCUT2D eigenvalue weighted by molar-refractivity contribution is 5.93. The molecule has 0 aliphatic carbocycles. The van der Waals surface area contributed by atoms with Crippen LogP contribution < -0.4 is 15.5 Å². The van der Waals surface area contributed by atoms with Gasteiger partial charge < -0.3 is 15.5 Å². The Morgan fingerprint density at radius 1 is 0.963 bits per heavy atom. The van der Waals surface area contributed by atoms with Crippen LogP contribution >= 0.6 is 0 Å². The Bertz CT molecular complexity index is 786. The number of nitrogens with zero attached hydrogens (tertiary/aromatic N) is 1. The predicted octanol–water partition coefficient (Wildman–Crippen LogP) is 4.71. The maximum absolute atomic E-state index is 12.7. The summed E-state index contributed by atoms with van der Waals surface area (Å²) in [6.07, 6.45) is -3.05. The number of urea groups is 1. The van der Waals surface area contributed by atoms with E-state index in [-0.39, 0.29) is 12.1 Å². The molecule has 1 heterocycles. The van der Waals surface area contributed by atoms with Gasteiger partial charge >= 0.3 is 12.2 Å². The van der Waals surface area contributed by atoms with Crippen molar-refractivity contribution in [2.24, 2.45) is 0 Å². The highest BCUT2D eigenvalue weighted by Crippen LogP contribution is 2.28. The molecule has 0 saturated carbocycles. The fraction of sp³-hybridized carbons (Fsp3) is 0.350. The fourth-order valence-corrected chi connectivity index (χ4v) is 3.27. The lowest BCUT2D eigenvalue weighted by Crippen LogP contribution is -2.30. The first-order chi connectivity index (χ1) is 12.9. The topological polar surface area (TPSA) is 44.4 Å². The molecule has 0 radical (unpaired) electrons. The summed E-state index contributed by atoms with van der Waals surface area (Å²) >= 11 is 0. The summed E-state index contributed by atoms with van der Waals surface area (Å²) in [6.45, 7) is 1.93. The van der Waals surface area contributed by atoms with Gasteiger partial charge in [0.05, 0.1) is 17.8 Å². The van der Waals surface area contributed by atoms with Gasteiger partial charge in [-0.3, -0.25) is 0 Å². The van der Waals surface area contributed by atoms with Crippen LogP contribution in [0.5, 0.6) is 0 Å². The zero-order valence-corrected chi connectivity index (χ0v) is 14.9. The predicted molar refractivity (Wildman–Crippen MR) is 99.9 cm³/mol. The van der Waals surface area contributed by atoms with Crippen molar-refractivity contribution in [2.45, 2.75) is 32.0 Å². The molecule has 4 nitrogen and oxygen atoms in total. The monoisotopic (exact) mass is 377 g/mol. The number of rotatable bonds is 5. The average Bonchev–Trinajstić information content (AvgIpc) is 3.14. The third-order valence-corrected chi connectivity index (χ3v) is 4.55. The lowest BCUT2D eigenvalue weighted by atomic mass is 10.0. The molecule has 27 heavy (non-hydrogen) atoms. The molecule has 3 rings (SSSR count). The van der Waals surface area contributed by atoms with E-state index in [0.29, 0.717) is 11.3 Å². The molecule has 0 atom stereocenters. The Balaban J connectivity index is 1.63. The number of hydrogen-bond donors (Lipinski definition) is 2. The van der Waals surface area contributed by atoms with Gasteiger partial charge in [0.25, 0.3) is 0 Å². The first kappa shape index (κ1) is 19.1. The zero-order valence-electron chi connectivity index (χ0n) is 14.9. The molecular weight excluding hydrogens is 355 g/mol. The largest absolute Gasteiger partial charge is 0.393 e. The average molecular weight is 377 g/mol. The number of carbonyl (C=O) groups excluding carboxylic acids is 1. The minimum atomic E-state index is -4.28. The number of benzene rings is 2. The number of amides is 2. The van der Waals surface area contributed by atoms with E-state index in [1.54, 1.807) is 18.2 Å². The van der Waals surface area contributed by atoms with E-state index in [9.17, 15) is 18.0 Å². The third kappa shape index (κ3) is 5.39. The van der Waals surface area contributed by atoms with Crippen LogP contribution in [-0.2, 0) is 13.0 Å². The van der Waals surface area contributed by atoms with E-state index in [1.165, 1.54) is 6.07 Å². The van der Waals surface area contributed by atoms with Crippen molar-refractivity contribution in [3.63, 3.8) is 0 Å². The highest BCUT2D eigenvalue weighted by atomic mass is 19.4. The Labute approximate surface area is 156 Å². The fourth-order valence-electron chi connectivity index (χ4n) is 3.27. The van der Waals surface area contributed by atoms with Gasteiger partial charge in [-0.25, -0.2) is 4.79 Å². The SMILES string of the molecule is O=C(NCc1ccccc1CC(F)(F)F)Nc1ccccc1N1CCCC1. The summed E-state index contributed by atoms with van der Waals surface area (Å²) in [7, 11) is 0. The van der Waals surface area contributed by atoms with Gasteiger partial charge in [0.2, 0.25) is 0 Å². The standard InChI is InChI=1S/C20H22F3N3O/c21-20(22,23)13-15-7-1-2-8-16(15)14-24-19(27)25-17-9-3-4-10-18(17)26-11-5-6-12-26/h1-4,7-10H,5-6,11-14H2,(H2,24,25,27). The molecule has 1 saturated heterocycles. The molecular formula is C20H22F3N3O. The minimum absolute atomic E-state index is 0.0317. The highest BCUT2D eigenvalue weighted by Gasteiger charge is 2.28. The van der Waals surface area contributed by atoms with Gasteiger partial charge in [-0.2, -0.15) is 13.2 Å². The minimum Gasteiger partial charge on any atom is -0.370 e. The summed E-state index contributed by atoms with van der Waals surface area (Å²) in [6, 6.07) is 13.4. The summed E-state index contributed by atoms with van der Waals surface area (Å²) < 4.78 is 38.1.